The number of rotatable bonds is 1. The molecule has 3 heteroatoms. The fourth-order valence-electron chi connectivity index (χ4n) is 2.91. The Morgan fingerprint density at radius 2 is 2.19 bits per heavy atom. The van der Waals surface area contributed by atoms with E-state index in [9.17, 15) is 0 Å². The Bertz CT molecular complexity index is 380. The van der Waals surface area contributed by atoms with Crippen molar-refractivity contribution in [1.29, 1.82) is 0 Å². The van der Waals surface area contributed by atoms with Gasteiger partial charge in [-0.25, -0.2) is 0 Å². The molecule has 16 heavy (non-hydrogen) atoms. The molecule has 2 nitrogen and oxygen atoms in total. The standard InChI is InChI=1S/C13H17ClN2/c14-12-6-2-1-5-11(12)13-9-16-7-3-4-10(16)8-15-13/h1-2,5-6,10,13,15H,3-4,7-9H2. The number of hydrogen-bond donors (Lipinski definition) is 1. The van der Waals surface area contributed by atoms with Crippen LogP contribution in [0.5, 0.6) is 0 Å². The van der Waals surface area contributed by atoms with E-state index in [0.717, 1.165) is 24.2 Å². The Morgan fingerprint density at radius 3 is 3.06 bits per heavy atom. The normalized spacial score (nSPS) is 30.3. The molecule has 0 aliphatic carbocycles. The van der Waals surface area contributed by atoms with Crippen LogP contribution in [0.1, 0.15) is 24.4 Å². The molecule has 0 spiro atoms. The Labute approximate surface area is 102 Å². The van der Waals surface area contributed by atoms with Gasteiger partial charge in [-0.1, -0.05) is 29.8 Å². The molecule has 2 fully saturated rings. The molecule has 1 aromatic carbocycles. The minimum Gasteiger partial charge on any atom is -0.307 e. The largest absolute Gasteiger partial charge is 0.307 e. The van der Waals surface area contributed by atoms with Gasteiger partial charge in [0.05, 0.1) is 0 Å². The summed E-state index contributed by atoms with van der Waals surface area (Å²) >= 11 is 6.24. The Hall–Kier alpha value is -0.570. The van der Waals surface area contributed by atoms with Crippen molar-refractivity contribution < 1.29 is 0 Å². The number of nitrogens with zero attached hydrogens (tertiary/aromatic N) is 1. The molecule has 2 aliphatic rings. The molecule has 0 amide bonds. The van der Waals surface area contributed by atoms with Crippen LogP contribution >= 0.6 is 11.6 Å². The van der Waals surface area contributed by atoms with Gasteiger partial charge in [0.2, 0.25) is 0 Å². The van der Waals surface area contributed by atoms with Crippen LogP contribution in [0.3, 0.4) is 0 Å². The van der Waals surface area contributed by atoms with E-state index >= 15 is 0 Å². The van der Waals surface area contributed by atoms with E-state index in [2.05, 4.69) is 22.3 Å². The van der Waals surface area contributed by atoms with Crippen LogP contribution in [0, 0.1) is 0 Å². The molecule has 86 valence electrons. The maximum absolute atomic E-state index is 6.24. The lowest BCUT2D eigenvalue weighted by molar-refractivity contribution is 0.174. The van der Waals surface area contributed by atoms with Gasteiger partial charge in [0.1, 0.15) is 0 Å². The van der Waals surface area contributed by atoms with Gasteiger partial charge in [0.15, 0.2) is 0 Å². The van der Waals surface area contributed by atoms with Crippen molar-refractivity contribution in [2.75, 3.05) is 19.6 Å². The van der Waals surface area contributed by atoms with Crippen LogP contribution in [0.15, 0.2) is 24.3 Å². The lowest BCUT2D eigenvalue weighted by Crippen LogP contribution is -2.49. The summed E-state index contributed by atoms with van der Waals surface area (Å²) < 4.78 is 0. The molecule has 2 aliphatic heterocycles. The second-order valence-electron chi connectivity index (χ2n) is 4.77. The summed E-state index contributed by atoms with van der Waals surface area (Å²) in [7, 11) is 0. The molecule has 2 unspecified atom stereocenters. The Morgan fingerprint density at radius 1 is 1.31 bits per heavy atom. The van der Waals surface area contributed by atoms with Gasteiger partial charge < -0.3 is 5.32 Å². The van der Waals surface area contributed by atoms with E-state index < -0.39 is 0 Å². The third-order valence-electron chi connectivity index (χ3n) is 3.80. The third kappa shape index (κ3) is 1.86. The monoisotopic (exact) mass is 236 g/mol. The lowest BCUT2D eigenvalue weighted by Gasteiger charge is -2.36. The quantitative estimate of drug-likeness (QED) is 0.806. The van der Waals surface area contributed by atoms with Gasteiger partial charge in [-0.2, -0.15) is 0 Å². The van der Waals surface area contributed by atoms with Gasteiger partial charge >= 0.3 is 0 Å². The number of nitrogens with one attached hydrogen (secondary N) is 1. The topological polar surface area (TPSA) is 15.3 Å². The molecule has 2 saturated heterocycles. The highest BCUT2D eigenvalue weighted by Crippen LogP contribution is 2.29. The van der Waals surface area contributed by atoms with E-state index in [0.29, 0.717) is 6.04 Å². The molecule has 3 rings (SSSR count). The molecule has 0 saturated carbocycles. The highest BCUT2D eigenvalue weighted by atomic mass is 35.5. The molecular weight excluding hydrogens is 220 g/mol. The Kier molecular flexibility index (Phi) is 2.88. The summed E-state index contributed by atoms with van der Waals surface area (Å²) in [5.41, 5.74) is 1.24. The highest BCUT2D eigenvalue weighted by Gasteiger charge is 2.32. The zero-order valence-electron chi connectivity index (χ0n) is 9.32. The van der Waals surface area contributed by atoms with Crippen molar-refractivity contribution in [3.63, 3.8) is 0 Å². The zero-order valence-corrected chi connectivity index (χ0v) is 10.1. The van der Waals surface area contributed by atoms with Crippen molar-refractivity contribution in [1.82, 2.24) is 10.2 Å². The molecule has 1 aromatic rings. The predicted octanol–water partition coefficient (Wildman–Crippen LogP) is 2.45. The number of halogens is 1. The van der Waals surface area contributed by atoms with Crippen LogP contribution in [-0.2, 0) is 0 Å². The number of fused-ring (bicyclic) bond motifs is 1. The van der Waals surface area contributed by atoms with Crippen LogP contribution < -0.4 is 5.32 Å². The molecule has 2 atom stereocenters. The number of hydrogen-bond acceptors (Lipinski definition) is 2. The summed E-state index contributed by atoms with van der Waals surface area (Å²) in [4.78, 5) is 2.60. The minimum absolute atomic E-state index is 0.406. The van der Waals surface area contributed by atoms with Crippen LogP contribution in [0.4, 0.5) is 0 Å². The molecular formula is C13H17ClN2. The number of piperazine rings is 1. The van der Waals surface area contributed by atoms with Gasteiger partial charge in [-0.3, -0.25) is 4.90 Å². The van der Waals surface area contributed by atoms with Crippen molar-refractivity contribution in [2.24, 2.45) is 0 Å². The fraction of sp³-hybridized carbons (Fsp3) is 0.538. The molecule has 0 radical (unpaired) electrons. The first-order valence-corrected chi connectivity index (χ1v) is 6.44. The maximum Gasteiger partial charge on any atom is 0.0464 e. The first kappa shape index (κ1) is 10.6. The van der Waals surface area contributed by atoms with Crippen molar-refractivity contribution >= 4 is 11.6 Å². The summed E-state index contributed by atoms with van der Waals surface area (Å²) in [6.45, 7) is 3.47. The summed E-state index contributed by atoms with van der Waals surface area (Å²) in [5.74, 6) is 0. The second kappa shape index (κ2) is 4.36. The highest BCUT2D eigenvalue weighted by molar-refractivity contribution is 6.31. The summed E-state index contributed by atoms with van der Waals surface area (Å²) in [6.07, 6.45) is 2.70. The second-order valence-corrected chi connectivity index (χ2v) is 5.18. The van der Waals surface area contributed by atoms with Gasteiger partial charge in [0, 0.05) is 30.2 Å². The van der Waals surface area contributed by atoms with Crippen LogP contribution in [0.2, 0.25) is 5.02 Å². The SMILES string of the molecule is Clc1ccccc1C1CN2CCCC2CN1. The predicted molar refractivity (Wildman–Crippen MR) is 66.8 cm³/mol. The summed E-state index contributed by atoms with van der Waals surface area (Å²) in [6, 6.07) is 9.35. The first-order chi connectivity index (χ1) is 7.84. The van der Waals surface area contributed by atoms with E-state index in [1.54, 1.807) is 0 Å². The number of benzene rings is 1. The van der Waals surface area contributed by atoms with Crippen LogP contribution in [0.25, 0.3) is 0 Å². The van der Waals surface area contributed by atoms with Gasteiger partial charge in [0.25, 0.3) is 0 Å². The van der Waals surface area contributed by atoms with E-state index in [1.165, 1.54) is 24.9 Å². The third-order valence-corrected chi connectivity index (χ3v) is 4.14. The minimum atomic E-state index is 0.406. The van der Waals surface area contributed by atoms with Gasteiger partial charge in [-0.15, -0.1) is 0 Å². The Balaban J connectivity index is 1.79. The fourth-order valence-corrected chi connectivity index (χ4v) is 3.18. The zero-order chi connectivity index (χ0) is 11.0. The molecule has 1 N–H and O–H groups in total. The van der Waals surface area contributed by atoms with Gasteiger partial charge in [-0.05, 0) is 31.0 Å². The first-order valence-electron chi connectivity index (χ1n) is 6.06. The smallest absolute Gasteiger partial charge is 0.0464 e. The van der Waals surface area contributed by atoms with E-state index in [4.69, 9.17) is 11.6 Å². The maximum atomic E-state index is 6.24. The van der Waals surface area contributed by atoms with Crippen molar-refractivity contribution in [3.05, 3.63) is 34.9 Å². The average Bonchev–Trinajstić information content (AvgIpc) is 2.76. The average molecular weight is 237 g/mol. The van der Waals surface area contributed by atoms with Crippen molar-refractivity contribution in [2.45, 2.75) is 24.9 Å². The molecule has 2 heterocycles. The van der Waals surface area contributed by atoms with E-state index in [1.807, 2.05) is 12.1 Å². The van der Waals surface area contributed by atoms with Crippen LogP contribution in [-0.4, -0.2) is 30.6 Å². The van der Waals surface area contributed by atoms with Crippen molar-refractivity contribution in [3.8, 4) is 0 Å². The summed E-state index contributed by atoms with van der Waals surface area (Å²) in [5, 5.41) is 4.51. The van der Waals surface area contributed by atoms with E-state index in [-0.39, 0.29) is 0 Å². The molecule has 0 aromatic heterocycles. The molecule has 0 bridgehead atoms. The lowest BCUT2D eigenvalue weighted by atomic mass is 10.0.